The van der Waals surface area contributed by atoms with Crippen LogP contribution in [0.4, 0.5) is 0 Å². The number of carbonyl (C=O) groups is 2. The molecule has 1 N–H and O–H groups in total. The Morgan fingerprint density at radius 2 is 1.68 bits per heavy atom. The molecule has 126 valence electrons. The first-order valence-corrected chi connectivity index (χ1v) is 8.72. The standard InChI is InChI=1S/C21H20N2O2/c24-20-12-6-11-19-17(16-9-4-5-10-18(16)22-19)13-14-23(20)21(25)15-7-2-1-3-8-15/h1-5,7-10,22H,6,11-14H2. The number of fused-ring (bicyclic) bond motifs is 3. The topological polar surface area (TPSA) is 53.2 Å². The van der Waals surface area contributed by atoms with Crippen LogP contribution >= 0.6 is 0 Å². The summed E-state index contributed by atoms with van der Waals surface area (Å²) in [6.45, 7) is 0.418. The van der Waals surface area contributed by atoms with Gasteiger partial charge in [-0.05, 0) is 43.0 Å². The zero-order valence-electron chi connectivity index (χ0n) is 14.0. The van der Waals surface area contributed by atoms with Gasteiger partial charge in [-0.2, -0.15) is 0 Å². The number of hydrogen-bond donors (Lipinski definition) is 1. The normalized spacial score (nSPS) is 15.4. The summed E-state index contributed by atoms with van der Waals surface area (Å²) in [6.07, 6.45) is 2.66. The molecule has 25 heavy (non-hydrogen) atoms. The molecule has 4 nitrogen and oxygen atoms in total. The Morgan fingerprint density at radius 1 is 0.920 bits per heavy atom. The van der Waals surface area contributed by atoms with Gasteiger partial charge in [-0.3, -0.25) is 14.5 Å². The Labute approximate surface area is 146 Å². The minimum Gasteiger partial charge on any atom is -0.358 e. The molecule has 0 radical (unpaired) electrons. The highest BCUT2D eigenvalue weighted by Gasteiger charge is 2.25. The van der Waals surface area contributed by atoms with Gasteiger partial charge in [-0.1, -0.05) is 36.4 Å². The summed E-state index contributed by atoms with van der Waals surface area (Å²) in [7, 11) is 0. The van der Waals surface area contributed by atoms with Crippen molar-refractivity contribution in [3.63, 3.8) is 0 Å². The first kappa shape index (κ1) is 15.6. The molecule has 1 aliphatic heterocycles. The van der Waals surface area contributed by atoms with Gasteiger partial charge in [0.2, 0.25) is 5.91 Å². The molecule has 4 rings (SSSR count). The molecular formula is C21H20N2O2. The van der Waals surface area contributed by atoms with Crippen LogP contribution < -0.4 is 0 Å². The molecule has 1 aromatic heterocycles. The Bertz CT molecular complexity index is 927. The molecule has 1 aliphatic rings. The van der Waals surface area contributed by atoms with Crippen molar-refractivity contribution in [2.45, 2.75) is 25.7 Å². The predicted molar refractivity (Wildman–Crippen MR) is 97.4 cm³/mol. The first-order valence-electron chi connectivity index (χ1n) is 8.72. The van der Waals surface area contributed by atoms with E-state index in [9.17, 15) is 9.59 Å². The van der Waals surface area contributed by atoms with Crippen LogP contribution in [-0.2, 0) is 17.6 Å². The number of nitrogens with zero attached hydrogens (tertiary/aromatic N) is 1. The third kappa shape index (κ3) is 2.95. The lowest BCUT2D eigenvalue weighted by Gasteiger charge is -2.20. The number of carbonyl (C=O) groups excluding carboxylic acids is 2. The number of H-pyrrole nitrogens is 1. The van der Waals surface area contributed by atoms with Crippen LogP contribution in [0.25, 0.3) is 10.9 Å². The van der Waals surface area contributed by atoms with Crippen LogP contribution in [0.2, 0.25) is 0 Å². The lowest BCUT2D eigenvalue weighted by Crippen LogP contribution is -2.38. The van der Waals surface area contributed by atoms with Gasteiger partial charge in [0.25, 0.3) is 5.91 Å². The summed E-state index contributed by atoms with van der Waals surface area (Å²) in [6, 6.07) is 17.3. The fourth-order valence-corrected chi connectivity index (χ4v) is 3.61. The molecule has 0 unspecified atom stereocenters. The summed E-state index contributed by atoms with van der Waals surface area (Å²) < 4.78 is 0. The van der Waals surface area contributed by atoms with Crippen molar-refractivity contribution in [3.8, 4) is 0 Å². The second kappa shape index (κ2) is 6.55. The van der Waals surface area contributed by atoms with Crippen LogP contribution in [0.1, 0.15) is 34.5 Å². The van der Waals surface area contributed by atoms with E-state index in [1.807, 2.05) is 30.3 Å². The molecule has 2 amide bonds. The largest absolute Gasteiger partial charge is 0.358 e. The third-order valence-electron chi connectivity index (χ3n) is 4.87. The Hall–Kier alpha value is -2.88. The van der Waals surface area contributed by atoms with E-state index >= 15 is 0 Å². The van der Waals surface area contributed by atoms with Gasteiger partial charge in [0.15, 0.2) is 0 Å². The quantitative estimate of drug-likeness (QED) is 0.691. The monoisotopic (exact) mass is 332 g/mol. The van der Waals surface area contributed by atoms with E-state index in [1.165, 1.54) is 21.5 Å². The molecule has 0 fully saturated rings. The van der Waals surface area contributed by atoms with Crippen LogP contribution in [0.5, 0.6) is 0 Å². The number of hydrogen-bond acceptors (Lipinski definition) is 2. The fraction of sp³-hybridized carbons (Fsp3) is 0.238. The molecule has 0 aliphatic carbocycles. The minimum atomic E-state index is -0.200. The van der Waals surface area contributed by atoms with Crippen LogP contribution in [0, 0.1) is 0 Å². The van der Waals surface area contributed by atoms with Gasteiger partial charge in [0.05, 0.1) is 0 Å². The summed E-state index contributed by atoms with van der Waals surface area (Å²) in [5.74, 6) is -0.280. The molecule has 0 saturated carbocycles. The fourth-order valence-electron chi connectivity index (χ4n) is 3.61. The molecular weight excluding hydrogens is 312 g/mol. The highest BCUT2D eigenvalue weighted by Crippen LogP contribution is 2.26. The van der Waals surface area contributed by atoms with Crippen molar-refractivity contribution in [2.24, 2.45) is 0 Å². The lowest BCUT2D eigenvalue weighted by molar-refractivity contribution is -0.128. The molecule has 3 aromatic rings. The van der Waals surface area contributed by atoms with Crippen molar-refractivity contribution in [2.75, 3.05) is 6.54 Å². The van der Waals surface area contributed by atoms with E-state index in [-0.39, 0.29) is 11.8 Å². The summed E-state index contributed by atoms with van der Waals surface area (Å²) >= 11 is 0. The maximum absolute atomic E-state index is 12.8. The number of aromatic amines is 1. The second-order valence-electron chi connectivity index (χ2n) is 6.45. The maximum Gasteiger partial charge on any atom is 0.260 e. The summed E-state index contributed by atoms with van der Waals surface area (Å²) in [4.78, 5) is 30.3. The maximum atomic E-state index is 12.8. The molecule has 4 heteroatoms. The highest BCUT2D eigenvalue weighted by atomic mass is 16.2. The number of aryl methyl sites for hydroxylation is 1. The number of nitrogens with one attached hydrogen (secondary N) is 1. The summed E-state index contributed by atoms with van der Waals surface area (Å²) in [5, 5.41) is 1.19. The van der Waals surface area contributed by atoms with E-state index in [0.717, 1.165) is 18.4 Å². The zero-order chi connectivity index (χ0) is 17.2. The van der Waals surface area contributed by atoms with Gasteiger partial charge in [0.1, 0.15) is 0 Å². The number of aromatic nitrogens is 1. The predicted octanol–water partition coefficient (Wildman–Crippen LogP) is 3.72. The number of amides is 2. The average Bonchev–Trinajstić information content (AvgIpc) is 3.02. The Morgan fingerprint density at radius 3 is 2.52 bits per heavy atom. The van der Waals surface area contributed by atoms with E-state index in [0.29, 0.717) is 24.9 Å². The van der Waals surface area contributed by atoms with Crippen molar-refractivity contribution < 1.29 is 9.59 Å². The smallest absolute Gasteiger partial charge is 0.260 e. The molecule has 0 saturated heterocycles. The van der Waals surface area contributed by atoms with Crippen molar-refractivity contribution in [1.29, 1.82) is 0 Å². The SMILES string of the molecule is O=C1CCCc2[nH]c3ccccc3c2CCN1C(=O)c1ccccc1. The Balaban J connectivity index is 1.67. The van der Waals surface area contributed by atoms with E-state index in [1.54, 1.807) is 12.1 Å². The van der Waals surface area contributed by atoms with E-state index in [2.05, 4.69) is 17.1 Å². The van der Waals surface area contributed by atoms with Gasteiger partial charge in [-0.15, -0.1) is 0 Å². The second-order valence-corrected chi connectivity index (χ2v) is 6.45. The first-order chi connectivity index (χ1) is 12.2. The number of imide groups is 1. The van der Waals surface area contributed by atoms with Gasteiger partial charge < -0.3 is 4.98 Å². The molecule has 2 aromatic carbocycles. The lowest BCUT2D eigenvalue weighted by atomic mass is 10.0. The minimum absolute atomic E-state index is 0.0803. The average molecular weight is 332 g/mol. The van der Waals surface area contributed by atoms with Gasteiger partial charge in [0, 0.05) is 35.1 Å². The third-order valence-corrected chi connectivity index (χ3v) is 4.87. The zero-order valence-corrected chi connectivity index (χ0v) is 14.0. The van der Waals surface area contributed by atoms with E-state index < -0.39 is 0 Å². The van der Waals surface area contributed by atoms with Crippen LogP contribution in [0.3, 0.4) is 0 Å². The van der Waals surface area contributed by atoms with E-state index in [4.69, 9.17) is 0 Å². The van der Waals surface area contributed by atoms with Crippen molar-refractivity contribution >= 4 is 22.7 Å². The van der Waals surface area contributed by atoms with Crippen LogP contribution in [0.15, 0.2) is 54.6 Å². The molecule has 0 atom stereocenters. The number of benzene rings is 2. The van der Waals surface area contributed by atoms with Gasteiger partial charge >= 0.3 is 0 Å². The summed E-state index contributed by atoms with van der Waals surface area (Å²) in [5.41, 5.74) is 4.12. The van der Waals surface area contributed by atoms with Crippen LogP contribution in [-0.4, -0.2) is 28.2 Å². The van der Waals surface area contributed by atoms with Gasteiger partial charge in [-0.25, -0.2) is 0 Å². The number of rotatable bonds is 1. The number of para-hydroxylation sites is 1. The highest BCUT2D eigenvalue weighted by molar-refractivity contribution is 6.04. The van der Waals surface area contributed by atoms with Crippen molar-refractivity contribution in [3.05, 3.63) is 71.4 Å². The Kier molecular flexibility index (Phi) is 4.10. The molecule has 0 spiro atoms. The molecule has 0 bridgehead atoms. The molecule has 2 heterocycles. The van der Waals surface area contributed by atoms with Crippen molar-refractivity contribution in [1.82, 2.24) is 9.88 Å².